The normalized spacial score (nSPS) is 28.3. The molecule has 0 amide bonds. The molecule has 1 aliphatic carbocycles. The van der Waals surface area contributed by atoms with Gasteiger partial charge in [-0.05, 0) is 48.9 Å². The lowest BCUT2D eigenvalue weighted by Crippen LogP contribution is -2.34. The Bertz CT molecular complexity index is 375. The summed E-state index contributed by atoms with van der Waals surface area (Å²) in [5.74, 6) is 1.91. The van der Waals surface area contributed by atoms with Crippen LogP contribution in [0.1, 0.15) is 17.5 Å². The Kier molecular flexibility index (Phi) is 2.17. The van der Waals surface area contributed by atoms with E-state index in [0.29, 0.717) is 6.04 Å². The Morgan fingerprint density at radius 2 is 2.27 bits per heavy atom. The lowest BCUT2D eigenvalue weighted by atomic mass is 9.80. The smallest absolute Gasteiger partial charge is 0.122 e. The maximum Gasteiger partial charge on any atom is 0.122 e. The number of rotatable bonds is 1. The molecule has 1 aliphatic heterocycles. The maximum absolute atomic E-state index is 5.44. The largest absolute Gasteiger partial charge is 0.496 e. The molecule has 15 heavy (non-hydrogen) atoms. The molecule has 0 spiro atoms. The fourth-order valence-electron chi connectivity index (χ4n) is 3.03. The van der Waals surface area contributed by atoms with Crippen LogP contribution in [-0.4, -0.2) is 19.7 Å². The van der Waals surface area contributed by atoms with Gasteiger partial charge in [0.15, 0.2) is 0 Å². The van der Waals surface area contributed by atoms with Gasteiger partial charge in [-0.1, -0.05) is 12.1 Å². The predicted octanol–water partition coefficient (Wildman–Crippen LogP) is 1.77. The first-order valence-electron chi connectivity index (χ1n) is 5.76. The second-order valence-corrected chi connectivity index (χ2v) is 4.62. The molecular formula is C13H17NO. The van der Waals surface area contributed by atoms with E-state index >= 15 is 0 Å². The number of nitrogens with one attached hydrogen (secondary N) is 1. The molecule has 2 aliphatic rings. The maximum atomic E-state index is 5.44. The molecular weight excluding hydrogens is 186 g/mol. The van der Waals surface area contributed by atoms with Crippen molar-refractivity contribution in [2.75, 3.05) is 13.7 Å². The zero-order valence-electron chi connectivity index (χ0n) is 9.12. The molecule has 2 nitrogen and oxygen atoms in total. The lowest BCUT2D eigenvalue weighted by Gasteiger charge is -2.28. The first-order chi connectivity index (χ1) is 7.38. The van der Waals surface area contributed by atoms with Gasteiger partial charge >= 0.3 is 0 Å². The highest BCUT2D eigenvalue weighted by atomic mass is 16.5. The van der Waals surface area contributed by atoms with Gasteiger partial charge in [0.2, 0.25) is 0 Å². The van der Waals surface area contributed by atoms with Crippen molar-refractivity contribution in [1.29, 1.82) is 0 Å². The Balaban J connectivity index is 1.99. The summed E-state index contributed by atoms with van der Waals surface area (Å²) in [7, 11) is 1.77. The molecule has 1 saturated heterocycles. The van der Waals surface area contributed by atoms with Crippen LogP contribution in [0.15, 0.2) is 18.2 Å². The summed E-state index contributed by atoms with van der Waals surface area (Å²) in [6.07, 6.45) is 3.69. The summed E-state index contributed by atoms with van der Waals surface area (Å²) in [6, 6.07) is 7.15. The Labute approximate surface area is 90.6 Å². The molecule has 2 heteroatoms. The van der Waals surface area contributed by atoms with Crippen LogP contribution in [0.25, 0.3) is 0 Å². The van der Waals surface area contributed by atoms with Gasteiger partial charge in [-0.3, -0.25) is 0 Å². The van der Waals surface area contributed by atoms with Crippen LogP contribution in [0, 0.1) is 5.92 Å². The van der Waals surface area contributed by atoms with Gasteiger partial charge in [0.05, 0.1) is 7.11 Å². The van der Waals surface area contributed by atoms with E-state index in [2.05, 4.69) is 23.5 Å². The van der Waals surface area contributed by atoms with Gasteiger partial charge in [-0.25, -0.2) is 0 Å². The van der Waals surface area contributed by atoms with Gasteiger partial charge in [-0.15, -0.1) is 0 Å². The zero-order valence-corrected chi connectivity index (χ0v) is 9.12. The minimum Gasteiger partial charge on any atom is -0.496 e. The summed E-state index contributed by atoms with van der Waals surface area (Å²) in [4.78, 5) is 0. The summed E-state index contributed by atoms with van der Waals surface area (Å²) in [5, 5.41) is 3.60. The zero-order chi connectivity index (χ0) is 10.3. The fourth-order valence-corrected chi connectivity index (χ4v) is 3.03. The third-order valence-corrected chi connectivity index (χ3v) is 3.85. The van der Waals surface area contributed by atoms with E-state index in [1.807, 2.05) is 0 Å². The van der Waals surface area contributed by atoms with Crippen LogP contribution in [0.2, 0.25) is 0 Å². The van der Waals surface area contributed by atoms with E-state index < -0.39 is 0 Å². The molecule has 1 heterocycles. The van der Waals surface area contributed by atoms with E-state index in [1.165, 1.54) is 36.9 Å². The Hall–Kier alpha value is -1.02. The van der Waals surface area contributed by atoms with Crippen molar-refractivity contribution in [2.45, 2.75) is 25.3 Å². The van der Waals surface area contributed by atoms with Crippen LogP contribution in [-0.2, 0) is 12.8 Å². The molecule has 0 aromatic heterocycles. The van der Waals surface area contributed by atoms with Crippen LogP contribution >= 0.6 is 0 Å². The van der Waals surface area contributed by atoms with Gasteiger partial charge in [0, 0.05) is 6.04 Å². The highest BCUT2D eigenvalue weighted by molar-refractivity contribution is 5.43. The van der Waals surface area contributed by atoms with Crippen molar-refractivity contribution < 1.29 is 4.74 Å². The van der Waals surface area contributed by atoms with E-state index in [9.17, 15) is 0 Å². The number of methoxy groups -OCH3 is 1. The van der Waals surface area contributed by atoms with Gasteiger partial charge in [0.1, 0.15) is 5.75 Å². The topological polar surface area (TPSA) is 21.3 Å². The summed E-state index contributed by atoms with van der Waals surface area (Å²) in [6.45, 7) is 1.19. The average molecular weight is 203 g/mol. The number of hydrogen-bond acceptors (Lipinski definition) is 2. The summed E-state index contributed by atoms with van der Waals surface area (Å²) in [5.41, 5.74) is 2.93. The molecule has 3 rings (SSSR count). The monoisotopic (exact) mass is 203 g/mol. The van der Waals surface area contributed by atoms with Crippen molar-refractivity contribution in [3.05, 3.63) is 29.3 Å². The third-order valence-electron chi connectivity index (χ3n) is 3.85. The second kappa shape index (κ2) is 3.53. The Morgan fingerprint density at radius 1 is 1.33 bits per heavy atom. The van der Waals surface area contributed by atoms with Crippen LogP contribution in [0.5, 0.6) is 5.75 Å². The van der Waals surface area contributed by atoms with Crippen molar-refractivity contribution in [1.82, 2.24) is 5.32 Å². The van der Waals surface area contributed by atoms with Crippen molar-refractivity contribution >= 4 is 0 Å². The van der Waals surface area contributed by atoms with Crippen LogP contribution in [0.4, 0.5) is 0 Å². The van der Waals surface area contributed by atoms with Crippen LogP contribution in [0.3, 0.4) is 0 Å². The molecule has 1 aromatic rings. The number of hydrogen-bond donors (Lipinski definition) is 1. The molecule has 1 fully saturated rings. The number of ether oxygens (including phenoxy) is 1. The molecule has 2 atom stereocenters. The molecule has 1 aromatic carbocycles. The highest BCUT2D eigenvalue weighted by Crippen LogP contribution is 2.35. The first-order valence-corrected chi connectivity index (χ1v) is 5.76. The molecule has 1 N–H and O–H groups in total. The molecule has 0 unspecified atom stereocenters. The molecule has 80 valence electrons. The quantitative estimate of drug-likeness (QED) is 0.751. The fraction of sp³-hybridized carbons (Fsp3) is 0.538. The van der Waals surface area contributed by atoms with Crippen molar-refractivity contribution in [3.63, 3.8) is 0 Å². The molecule has 0 radical (unpaired) electrons. The van der Waals surface area contributed by atoms with Gasteiger partial charge in [-0.2, -0.15) is 0 Å². The van der Waals surface area contributed by atoms with Gasteiger partial charge in [0.25, 0.3) is 0 Å². The summed E-state index contributed by atoms with van der Waals surface area (Å²) >= 11 is 0. The SMILES string of the molecule is COc1cccc2c1C[C@H]1CCN[C@@H]1C2. The van der Waals surface area contributed by atoms with E-state index in [4.69, 9.17) is 4.74 Å². The standard InChI is InChI=1S/C13H17NO/c1-15-13-4-2-3-9-8-12-10(5-6-14-12)7-11(9)13/h2-4,10,12,14H,5-8H2,1H3/t10-,12-/m1/s1. The lowest BCUT2D eigenvalue weighted by molar-refractivity contribution is 0.379. The molecule has 0 saturated carbocycles. The molecule has 0 bridgehead atoms. The Morgan fingerprint density at radius 3 is 3.13 bits per heavy atom. The second-order valence-electron chi connectivity index (χ2n) is 4.62. The number of fused-ring (bicyclic) bond motifs is 2. The van der Waals surface area contributed by atoms with E-state index in [-0.39, 0.29) is 0 Å². The number of benzene rings is 1. The van der Waals surface area contributed by atoms with Crippen molar-refractivity contribution in [2.24, 2.45) is 5.92 Å². The third kappa shape index (κ3) is 1.44. The highest BCUT2D eigenvalue weighted by Gasteiger charge is 2.32. The first kappa shape index (κ1) is 9.22. The van der Waals surface area contributed by atoms with Crippen molar-refractivity contribution in [3.8, 4) is 5.75 Å². The minimum absolute atomic E-state index is 0.713. The van der Waals surface area contributed by atoms with Crippen LogP contribution < -0.4 is 10.1 Å². The van der Waals surface area contributed by atoms with E-state index in [1.54, 1.807) is 7.11 Å². The van der Waals surface area contributed by atoms with Gasteiger partial charge < -0.3 is 10.1 Å². The average Bonchev–Trinajstić information content (AvgIpc) is 2.72. The predicted molar refractivity (Wildman–Crippen MR) is 60.3 cm³/mol. The minimum atomic E-state index is 0.713. The van der Waals surface area contributed by atoms with E-state index in [0.717, 1.165) is 11.7 Å². The summed E-state index contributed by atoms with van der Waals surface area (Å²) < 4.78 is 5.44.